The molecule has 8 nitrogen and oxygen atoms in total. The lowest BCUT2D eigenvalue weighted by molar-refractivity contribution is 1.14. The highest BCUT2D eigenvalue weighted by Gasteiger charge is 2.35. The third kappa shape index (κ3) is 6.18. The molecule has 0 atom stereocenters. The van der Waals surface area contributed by atoms with Gasteiger partial charge in [-0.05, 0) is 107 Å². The Morgan fingerprint density at radius 2 is 0.455 bits per heavy atom. The molecule has 0 aliphatic carbocycles. The topological polar surface area (TPSA) is 36.3 Å². The van der Waals surface area contributed by atoms with Gasteiger partial charge in [-0.2, -0.15) is 0 Å². The zero-order valence-electron chi connectivity index (χ0n) is 59.8. The van der Waals surface area contributed by atoms with Crippen molar-refractivity contribution >= 4 is 229 Å². The second kappa shape index (κ2) is 19.0. The van der Waals surface area contributed by atoms with Crippen molar-refractivity contribution in [3.63, 3.8) is 0 Å². The minimum atomic E-state index is 1.12. The van der Waals surface area contributed by atoms with Gasteiger partial charge in [0, 0.05) is 130 Å². The zero-order valence-corrected chi connectivity index (χ0v) is 59.8. The first-order valence-corrected chi connectivity index (χ1v) is 39.0. The minimum absolute atomic E-state index is 1.12. The Morgan fingerprint density at radius 1 is 0.143 bits per heavy atom. The molecule has 0 fully saturated rings. The fourth-order valence-electron chi connectivity index (χ4n) is 22.8. The zero-order chi connectivity index (χ0) is 71.7. The number of fused-ring (bicyclic) bond motifs is 38. The maximum Gasteiger partial charge on any atom is 0.0811 e. The van der Waals surface area contributed by atoms with Crippen molar-refractivity contribution in [2.24, 2.45) is 0 Å². The quantitative estimate of drug-likeness (QED) is 0.165. The van der Waals surface area contributed by atoms with Crippen LogP contribution in [0.5, 0.6) is 0 Å². The summed E-state index contributed by atoms with van der Waals surface area (Å²) in [5.74, 6) is 0. The molecule has 0 spiro atoms. The molecule has 0 saturated heterocycles. The van der Waals surface area contributed by atoms with Gasteiger partial charge in [-0.25, -0.2) is 0 Å². The van der Waals surface area contributed by atoms with Crippen LogP contribution in [0.15, 0.2) is 328 Å². The summed E-state index contributed by atoms with van der Waals surface area (Å²) < 4.78 is 20.9. The minimum Gasteiger partial charge on any atom is -0.306 e. The molecule has 14 heterocycles. The number of nitrogens with zero attached hydrogens (tertiary/aromatic N) is 8. The molecule has 30 aromatic rings. The molecule has 0 unspecified atom stereocenters. The molecule has 8 heteroatoms. The summed E-state index contributed by atoms with van der Waals surface area (Å²) >= 11 is 0. The van der Waals surface area contributed by atoms with Crippen LogP contribution in [0.25, 0.3) is 274 Å². The average molecular weight is 1420 g/mol. The molecule has 112 heavy (non-hydrogen) atoms. The van der Waals surface area contributed by atoms with Crippen molar-refractivity contribution in [3.05, 3.63) is 328 Å². The molecule has 0 N–H and O–H groups in total. The monoisotopic (exact) mass is 1410 g/mol. The Bertz CT molecular complexity index is 9500. The third-order valence-corrected chi connectivity index (χ3v) is 26.7. The van der Waals surface area contributed by atoms with E-state index in [0.717, 1.165) is 16.9 Å². The Balaban J connectivity index is 0.715. The molecule has 30 rings (SSSR count). The summed E-state index contributed by atoms with van der Waals surface area (Å²) in [7, 11) is 0. The maximum atomic E-state index is 2.70. The summed E-state index contributed by atoms with van der Waals surface area (Å²) in [6, 6.07) is 125. The van der Waals surface area contributed by atoms with Crippen molar-refractivity contribution in [2.45, 2.75) is 0 Å². The van der Waals surface area contributed by atoms with Crippen molar-refractivity contribution in [1.29, 1.82) is 0 Å². The number of rotatable bonds is 5. The Hall–Kier alpha value is -15.1. The van der Waals surface area contributed by atoms with Crippen LogP contribution < -0.4 is 0 Å². The molecular formula is C104H54N8. The van der Waals surface area contributed by atoms with E-state index in [0.29, 0.717) is 0 Å². The van der Waals surface area contributed by atoms with Gasteiger partial charge in [-0.1, -0.05) is 243 Å². The highest BCUT2D eigenvalue weighted by molar-refractivity contribution is 6.39. The van der Waals surface area contributed by atoms with Crippen LogP contribution in [0, 0.1) is 0 Å². The van der Waals surface area contributed by atoms with Gasteiger partial charge in [-0.15, -0.1) is 0 Å². The van der Waals surface area contributed by atoms with Crippen molar-refractivity contribution in [2.75, 3.05) is 0 Å². The predicted octanol–water partition coefficient (Wildman–Crippen LogP) is 27.2. The fourth-order valence-corrected chi connectivity index (χ4v) is 22.8. The smallest absolute Gasteiger partial charge is 0.0811 e. The van der Waals surface area contributed by atoms with Crippen LogP contribution in [0.4, 0.5) is 0 Å². The van der Waals surface area contributed by atoms with Gasteiger partial charge in [0.15, 0.2) is 0 Å². The Kier molecular flexibility index (Phi) is 9.56. The summed E-state index contributed by atoms with van der Waals surface area (Å²) in [4.78, 5) is 0. The van der Waals surface area contributed by atoms with Crippen molar-refractivity contribution in [1.82, 2.24) is 35.5 Å². The highest BCUT2D eigenvalue weighted by atomic mass is 15.1. The maximum absolute atomic E-state index is 2.70. The number of para-hydroxylation sites is 10. The van der Waals surface area contributed by atoms with Gasteiger partial charge in [0.25, 0.3) is 0 Å². The molecule has 0 aliphatic rings. The third-order valence-electron chi connectivity index (χ3n) is 26.7. The molecule has 16 aromatic carbocycles. The van der Waals surface area contributed by atoms with Gasteiger partial charge in [-0.3, -0.25) is 0 Å². The van der Waals surface area contributed by atoms with Gasteiger partial charge in [0.2, 0.25) is 0 Å². The Morgan fingerprint density at radius 3 is 0.964 bits per heavy atom. The number of aromatic nitrogens is 8. The molecular weight excluding hydrogens is 1360 g/mol. The lowest BCUT2D eigenvalue weighted by Crippen LogP contribution is -1.97. The standard InChI is InChI=1S/C104H54N8/c1-4-23-55(24-5-1)91-89-71-33-12-16-45-82(71)107-86-54-79-87(53-78(86)100(103(89)107)105(91)58-27-6-2-7-28-58)108-83-46-17-13-34-72(83)90-92(106(101(79)104(90)108)59-29-8-3-9-30-59)57-26-18-25-56(49-57)74-50-77-68-41-20-36-63-61-32-11-15-44-81(61)110(94(63)68)99(77)102-88(74)73-42-22-40-67-76-51-84-75(52-85(76)112(102)96(67)73)66-39-21-38-65-70-48-47-69-64-37-19-35-62-60-31-10-14-43-80(60)109(93(62)64)97(69)98(70)111(84)95(65)66/h1-54H. The highest BCUT2D eigenvalue weighted by Crippen LogP contribution is 2.56. The molecule has 14 aromatic heterocycles. The van der Waals surface area contributed by atoms with Crippen LogP contribution in [0.1, 0.15) is 0 Å². The molecule has 0 saturated carbocycles. The molecule has 0 radical (unpaired) electrons. The second-order valence-corrected chi connectivity index (χ2v) is 31.7. The van der Waals surface area contributed by atoms with Crippen LogP contribution in [-0.4, -0.2) is 35.5 Å². The first-order chi connectivity index (χ1) is 55.7. The molecule has 0 bridgehead atoms. The predicted molar refractivity (Wildman–Crippen MR) is 469 cm³/mol. The lowest BCUT2D eigenvalue weighted by atomic mass is 9.94. The second-order valence-electron chi connectivity index (χ2n) is 31.7. The molecule has 0 aliphatic heterocycles. The summed E-state index contributed by atoms with van der Waals surface area (Å²) in [6.45, 7) is 0. The van der Waals surface area contributed by atoms with E-state index in [1.54, 1.807) is 0 Å². The fraction of sp³-hybridized carbons (Fsp3) is 0. The number of hydrogen-bond donors (Lipinski definition) is 0. The van der Waals surface area contributed by atoms with Gasteiger partial charge < -0.3 is 35.5 Å². The SMILES string of the molecule is c1ccc(-c2c3c4ccccc4n4c5cc6c7c8c(c(-c9cccc(-c%10cc%11c%12cccc%13c%14ccccc%14n(c%13%12)c%11c%11c%10c%10cccc%12c%13cc%14c(cc%13n%11c%12%10)c%10cccc%11c%12ccc%13c%15cccc%16c%17ccccc%17n(c%16%15)c%13c%12n%14c%10%11)c9)n7-c7ccccc7)c7ccccc7n8c6cc5c(c34)n2-c2ccccc2)cc1. The largest absolute Gasteiger partial charge is 0.306 e. The molecule has 0 amide bonds. The van der Waals surface area contributed by atoms with Crippen LogP contribution >= 0.6 is 0 Å². The van der Waals surface area contributed by atoms with E-state index in [-0.39, 0.29) is 0 Å². The lowest BCUT2D eigenvalue weighted by Gasteiger charge is -2.14. The molecule has 510 valence electrons. The van der Waals surface area contributed by atoms with E-state index >= 15 is 0 Å². The van der Waals surface area contributed by atoms with Gasteiger partial charge in [0.1, 0.15) is 0 Å². The number of hydrogen-bond acceptors (Lipinski definition) is 0. The van der Waals surface area contributed by atoms with Gasteiger partial charge in [0.05, 0.1) is 122 Å². The van der Waals surface area contributed by atoms with Crippen molar-refractivity contribution in [3.8, 4) is 45.0 Å². The van der Waals surface area contributed by atoms with Gasteiger partial charge >= 0.3 is 0 Å². The van der Waals surface area contributed by atoms with E-state index in [1.165, 1.54) is 257 Å². The summed E-state index contributed by atoms with van der Waals surface area (Å²) in [5.41, 5.74) is 34.0. The van der Waals surface area contributed by atoms with Crippen molar-refractivity contribution < 1.29 is 0 Å². The Labute approximate surface area is 632 Å². The normalized spacial score (nSPS) is 13.2. The van der Waals surface area contributed by atoms with E-state index in [9.17, 15) is 0 Å². The van der Waals surface area contributed by atoms with Crippen LogP contribution in [0.3, 0.4) is 0 Å². The van der Waals surface area contributed by atoms with E-state index in [4.69, 9.17) is 0 Å². The van der Waals surface area contributed by atoms with E-state index < -0.39 is 0 Å². The first kappa shape index (κ1) is 56.2. The first-order valence-electron chi connectivity index (χ1n) is 39.0. The number of benzene rings is 16. The summed E-state index contributed by atoms with van der Waals surface area (Å²) in [6.07, 6.45) is 0. The summed E-state index contributed by atoms with van der Waals surface area (Å²) in [5, 5.41) is 27.7. The van der Waals surface area contributed by atoms with E-state index in [2.05, 4.69) is 363 Å². The van der Waals surface area contributed by atoms with Crippen LogP contribution in [-0.2, 0) is 0 Å². The van der Waals surface area contributed by atoms with E-state index in [1.807, 2.05) is 0 Å². The average Bonchev–Trinajstić information content (AvgIpc) is 1.51. The van der Waals surface area contributed by atoms with Crippen LogP contribution in [0.2, 0.25) is 0 Å².